The van der Waals surface area contributed by atoms with E-state index in [0.29, 0.717) is 11.0 Å². The van der Waals surface area contributed by atoms with Gasteiger partial charge in [0.15, 0.2) is 0 Å². The molecule has 0 amide bonds. The Morgan fingerprint density at radius 1 is 0.840 bits per heavy atom. The molecule has 5 nitrogen and oxygen atoms in total. The van der Waals surface area contributed by atoms with Crippen molar-refractivity contribution in [3.63, 3.8) is 0 Å². The Labute approximate surface area is 156 Å². The second-order valence-corrected chi connectivity index (χ2v) is 9.56. The Bertz CT molecular complexity index is 410. The highest BCUT2D eigenvalue weighted by molar-refractivity contribution is 7.85. The van der Waals surface area contributed by atoms with E-state index in [1.807, 2.05) is 14.1 Å². The summed E-state index contributed by atoms with van der Waals surface area (Å²) in [5.41, 5.74) is 0. The molecule has 0 aromatic carbocycles. The molecule has 0 heterocycles. The van der Waals surface area contributed by atoms with Crippen LogP contribution in [-0.2, 0) is 10.1 Å². The SMILES string of the molecule is CCCCCCCCCCCCCC[N+](C)(C)CC(O)CS(=O)(=O)[O-]. The van der Waals surface area contributed by atoms with Gasteiger partial charge in [-0.3, -0.25) is 0 Å². The number of hydrogen-bond donors (Lipinski definition) is 1. The Morgan fingerprint density at radius 3 is 1.64 bits per heavy atom. The normalized spacial score (nSPS) is 14.0. The number of aliphatic hydroxyl groups excluding tert-OH is 1. The van der Waals surface area contributed by atoms with Crippen molar-refractivity contribution < 1.29 is 22.6 Å². The first-order chi connectivity index (χ1) is 11.7. The molecule has 0 aliphatic heterocycles. The van der Waals surface area contributed by atoms with Crippen molar-refractivity contribution in [1.82, 2.24) is 0 Å². The van der Waals surface area contributed by atoms with Gasteiger partial charge in [0.05, 0.1) is 36.5 Å². The van der Waals surface area contributed by atoms with Crippen LogP contribution in [0.5, 0.6) is 0 Å². The van der Waals surface area contributed by atoms with Gasteiger partial charge in [-0.25, -0.2) is 8.42 Å². The Morgan fingerprint density at radius 2 is 1.24 bits per heavy atom. The molecule has 1 N–H and O–H groups in total. The van der Waals surface area contributed by atoms with E-state index in [2.05, 4.69) is 6.92 Å². The molecule has 152 valence electrons. The lowest BCUT2D eigenvalue weighted by Gasteiger charge is -2.32. The maximum absolute atomic E-state index is 10.7. The Balaban J connectivity index is 3.54. The number of rotatable bonds is 17. The summed E-state index contributed by atoms with van der Waals surface area (Å²) >= 11 is 0. The molecule has 6 heteroatoms. The van der Waals surface area contributed by atoms with Gasteiger partial charge in [0, 0.05) is 0 Å². The molecule has 0 aromatic rings. The van der Waals surface area contributed by atoms with Gasteiger partial charge in [-0.15, -0.1) is 0 Å². The number of hydrogen-bond acceptors (Lipinski definition) is 4. The lowest BCUT2D eigenvalue weighted by molar-refractivity contribution is -0.893. The maximum Gasteiger partial charge on any atom is 0.116 e. The monoisotopic (exact) mass is 379 g/mol. The van der Waals surface area contributed by atoms with E-state index in [0.717, 1.165) is 13.0 Å². The molecule has 1 atom stereocenters. The van der Waals surface area contributed by atoms with Crippen LogP contribution >= 0.6 is 0 Å². The van der Waals surface area contributed by atoms with Gasteiger partial charge in [-0.1, -0.05) is 71.1 Å². The number of quaternary nitrogens is 1. The summed E-state index contributed by atoms with van der Waals surface area (Å²) in [7, 11) is -0.410. The topological polar surface area (TPSA) is 77.4 Å². The molecule has 0 bridgehead atoms. The van der Waals surface area contributed by atoms with Crippen LogP contribution in [0.15, 0.2) is 0 Å². The molecule has 0 saturated heterocycles. The molecule has 0 aliphatic rings. The van der Waals surface area contributed by atoms with E-state index < -0.39 is 22.0 Å². The minimum absolute atomic E-state index is 0.305. The number of unbranched alkanes of at least 4 members (excludes halogenated alkanes) is 11. The number of nitrogens with zero attached hydrogens (tertiary/aromatic N) is 1. The molecule has 1 unspecified atom stereocenters. The highest BCUT2D eigenvalue weighted by atomic mass is 32.2. The smallest absolute Gasteiger partial charge is 0.116 e. The number of likely N-dealkylation sites (N-methyl/N-ethyl adjacent to an activating group) is 1. The van der Waals surface area contributed by atoms with E-state index in [1.165, 1.54) is 70.6 Å². The Hall–Kier alpha value is -0.170. The summed E-state index contributed by atoms with van der Waals surface area (Å²) in [6.07, 6.45) is 14.6. The van der Waals surface area contributed by atoms with Crippen molar-refractivity contribution in [2.45, 2.75) is 90.1 Å². The van der Waals surface area contributed by atoms with Crippen molar-refractivity contribution in [1.29, 1.82) is 0 Å². The predicted octanol–water partition coefficient (Wildman–Crippen LogP) is 3.67. The van der Waals surface area contributed by atoms with Crippen LogP contribution in [0, 0.1) is 0 Å². The minimum atomic E-state index is -4.35. The van der Waals surface area contributed by atoms with Gasteiger partial charge in [0.25, 0.3) is 0 Å². The van der Waals surface area contributed by atoms with Gasteiger partial charge < -0.3 is 14.1 Å². The van der Waals surface area contributed by atoms with Gasteiger partial charge >= 0.3 is 0 Å². The van der Waals surface area contributed by atoms with Gasteiger partial charge in [-0.2, -0.15) is 0 Å². The van der Waals surface area contributed by atoms with Crippen molar-refractivity contribution in [3.05, 3.63) is 0 Å². The van der Waals surface area contributed by atoms with Crippen molar-refractivity contribution in [2.24, 2.45) is 0 Å². The Kier molecular flexibility index (Phi) is 13.9. The third-order valence-electron chi connectivity index (χ3n) is 4.72. The average molecular weight is 380 g/mol. The van der Waals surface area contributed by atoms with Crippen molar-refractivity contribution in [2.75, 3.05) is 32.9 Å². The van der Waals surface area contributed by atoms with Crippen LogP contribution in [-0.4, -0.2) is 61.6 Å². The standard InChI is InChI=1S/C19H41NO4S/c1-4-5-6-7-8-9-10-11-12-13-14-15-16-20(2,3)17-19(21)18-25(22,23)24/h19,21H,4-18H2,1-3H3. The zero-order chi connectivity index (χ0) is 19.2. The fourth-order valence-electron chi connectivity index (χ4n) is 3.33. The summed E-state index contributed by atoms with van der Waals surface area (Å²) in [5.74, 6) is -0.687. The first-order valence-corrected chi connectivity index (χ1v) is 11.7. The third kappa shape index (κ3) is 18.4. The summed E-state index contributed by atoms with van der Waals surface area (Å²) in [6.45, 7) is 3.45. The highest BCUT2D eigenvalue weighted by Crippen LogP contribution is 2.13. The summed E-state index contributed by atoms with van der Waals surface area (Å²) in [5, 5.41) is 9.72. The van der Waals surface area contributed by atoms with Gasteiger partial charge in [0.1, 0.15) is 12.6 Å². The first kappa shape index (κ1) is 24.8. The molecular weight excluding hydrogens is 338 g/mol. The molecule has 25 heavy (non-hydrogen) atoms. The zero-order valence-corrected chi connectivity index (χ0v) is 17.5. The molecule has 0 radical (unpaired) electrons. The van der Waals surface area contributed by atoms with E-state index in [-0.39, 0.29) is 0 Å². The molecule has 0 fully saturated rings. The van der Waals surface area contributed by atoms with Crippen LogP contribution in [0.1, 0.15) is 84.0 Å². The molecule has 0 aromatic heterocycles. The second kappa shape index (κ2) is 14.0. The lowest BCUT2D eigenvalue weighted by Crippen LogP contribution is -2.47. The molecule has 0 aliphatic carbocycles. The fraction of sp³-hybridized carbons (Fsp3) is 1.00. The number of aliphatic hydroxyl groups is 1. The van der Waals surface area contributed by atoms with Crippen LogP contribution in [0.25, 0.3) is 0 Å². The maximum atomic E-state index is 10.7. The van der Waals surface area contributed by atoms with Gasteiger partial charge in [-0.05, 0) is 12.8 Å². The zero-order valence-electron chi connectivity index (χ0n) is 16.7. The van der Waals surface area contributed by atoms with Crippen LogP contribution < -0.4 is 0 Å². The van der Waals surface area contributed by atoms with E-state index in [4.69, 9.17) is 0 Å². The summed E-state index contributed by atoms with van der Waals surface area (Å²) in [4.78, 5) is 0. The summed E-state index contributed by atoms with van der Waals surface area (Å²) in [6, 6.07) is 0. The van der Waals surface area contributed by atoms with Crippen molar-refractivity contribution in [3.8, 4) is 0 Å². The quantitative estimate of drug-likeness (QED) is 0.238. The third-order valence-corrected chi connectivity index (χ3v) is 5.51. The van der Waals surface area contributed by atoms with Crippen molar-refractivity contribution >= 4 is 10.1 Å². The fourth-order valence-corrected chi connectivity index (χ4v) is 3.91. The lowest BCUT2D eigenvalue weighted by atomic mass is 10.1. The molecule has 0 spiro atoms. The molecule has 0 saturated carbocycles. The predicted molar refractivity (Wildman–Crippen MR) is 103 cm³/mol. The van der Waals surface area contributed by atoms with E-state index >= 15 is 0 Å². The molecule has 0 rings (SSSR count). The van der Waals surface area contributed by atoms with E-state index in [1.54, 1.807) is 0 Å². The second-order valence-electron chi connectivity index (χ2n) is 8.11. The minimum Gasteiger partial charge on any atom is -0.748 e. The van der Waals surface area contributed by atoms with Crippen LogP contribution in [0.2, 0.25) is 0 Å². The highest BCUT2D eigenvalue weighted by Gasteiger charge is 2.21. The van der Waals surface area contributed by atoms with Crippen LogP contribution in [0.3, 0.4) is 0 Å². The largest absolute Gasteiger partial charge is 0.748 e. The summed E-state index contributed by atoms with van der Waals surface area (Å²) < 4.78 is 32.6. The molecular formula is C19H41NO4S. The average Bonchev–Trinajstić information content (AvgIpc) is 2.45. The van der Waals surface area contributed by atoms with E-state index in [9.17, 15) is 18.1 Å². The first-order valence-electron chi connectivity index (χ1n) is 10.1. The van der Waals surface area contributed by atoms with Gasteiger partial charge in [0.2, 0.25) is 0 Å². The van der Waals surface area contributed by atoms with Crippen LogP contribution in [0.4, 0.5) is 0 Å².